The van der Waals surface area contributed by atoms with Crippen LogP contribution in [-0.4, -0.2) is 58.9 Å². The molecule has 31 heavy (non-hydrogen) atoms. The van der Waals surface area contributed by atoms with Gasteiger partial charge in [-0.05, 0) is 11.6 Å². The van der Waals surface area contributed by atoms with E-state index in [2.05, 4.69) is 10.2 Å². The van der Waals surface area contributed by atoms with Gasteiger partial charge in [0.2, 0.25) is 21.8 Å². The van der Waals surface area contributed by atoms with Gasteiger partial charge in [0.05, 0.1) is 17.9 Å². The van der Waals surface area contributed by atoms with Gasteiger partial charge < -0.3 is 4.42 Å². The highest BCUT2D eigenvalue weighted by atomic mass is 32.2. The Balaban J connectivity index is 1.37. The summed E-state index contributed by atoms with van der Waals surface area (Å²) < 4.78 is 32.8. The van der Waals surface area contributed by atoms with E-state index >= 15 is 0 Å². The monoisotopic (exact) mass is 443 g/mol. The number of nitrogens with zero attached hydrogens (tertiary/aromatic N) is 5. The Hall–Kier alpha value is -3.15. The molecule has 3 aromatic rings. The van der Waals surface area contributed by atoms with Crippen molar-refractivity contribution in [3.05, 3.63) is 82.1 Å². The lowest BCUT2D eigenvalue weighted by Crippen LogP contribution is -2.48. The zero-order valence-electron chi connectivity index (χ0n) is 16.6. The van der Waals surface area contributed by atoms with E-state index < -0.39 is 20.6 Å². The quantitative estimate of drug-likeness (QED) is 0.402. The minimum atomic E-state index is -3.95. The van der Waals surface area contributed by atoms with Gasteiger partial charge in [-0.15, -0.1) is 10.2 Å². The van der Waals surface area contributed by atoms with Gasteiger partial charge in [-0.2, -0.15) is 4.31 Å². The average molecular weight is 443 g/mol. The molecule has 10 nitrogen and oxygen atoms in total. The summed E-state index contributed by atoms with van der Waals surface area (Å²) in [5.74, 6) is 1.000. The van der Waals surface area contributed by atoms with Crippen molar-refractivity contribution in [1.29, 1.82) is 0 Å². The molecule has 1 aliphatic rings. The first-order chi connectivity index (χ1) is 14.9. The number of nitro benzene ring substituents is 1. The van der Waals surface area contributed by atoms with E-state index in [1.807, 2.05) is 35.2 Å². The molecule has 0 unspecified atom stereocenters. The fourth-order valence-corrected chi connectivity index (χ4v) is 5.06. The van der Waals surface area contributed by atoms with Crippen molar-refractivity contribution in [3.8, 4) is 0 Å². The number of hydrogen-bond donors (Lipinski definition) is 0. The van der Waals surface area contributed by atoms with E-state index in [1.165, 1.54) is 28.6 Å². The van der Waals surface area contributed by atoms with Crippen molar-refractivity contribution in [1.82, 2.24) is 19.4 Å². The van der Waals surface area contributed by atoms with Crippen LogP contribution in [0, 0.1) is 10.1 Å². The number of aromatic nitrogens is 2. The molecule has 0 atom stereocenters. The molecule has 11 heteroatoms. The predicted molar refractivity (Wildman–Crippen MR) is 111 cm³/mol. The Kier molecular flexibility index (Phi) is 6.07. The van der Waals surface area contributed by atoms with Crippen LogP contribution < -0.4 is 0 Å². The van der Waals surface area contributed by atoms with E-state index in [0.29, 0.717) is 37.8 Å². The normalized spacial score (nSPS) is 15.7. The smallest absolute Gasteiger partial charge is 0.289 e. The van der Waals surface area contributed by atoms with E-state index in [4.69, 9.17) is 4.42 Å². The van der Waals surface area contributed by atoms with Crippen LogP contribution in [0.4, 0.5) is 5.69 Å². The van der Waals surface area contributed by atoms with Crippen LogP contribution in [0.3, 0.4) is 0 Å². The highest BCUT2D eigenvalue weighted by Crippen LogP contribution is 2.27. The van der Waals surface area contributed by atoms with Crippen LogP contribution >= 0.6 is 0 Å². The van der Waals surface area contributed by atoms with Crippen LogP contribution in [0.25, 0.3) is 0 Å². The second-order valence-electron chi connectivity index (χ2n) is 7.16. The van der Waals surface area contributed by atoms with Crippen molar-refractivity contribution in [2.75, 3.05) is 26.2 Å². The highest BCUT2D eigenvalue weighted by molar-refractivity contribution is 7.89. The molecule has 1 aliphatic heterocycles. The van der Waals surface area contributed by atoms with Gasteiger partial charge in [0.15, 0.2) is 4.90 Å². The first-order valence-corrected chi connectivity index (χ1v) is 11.2. The Morgan fingerprint density at radius 3 is 2.29 bits per heavy atom. The zero-order valence-corrected chi connectivity index (χ0v) is 17.4. The molecule has 2 aromatic carbocycles. The summed E-state index contributed by atoms with van der Waals surface area (Å²) in [6.45, 7) is 1.77. The summed E-state index contributed by atoms with van der Waals surface area (Å²) in [7, 11) is -3.95. The Morgan fingerprint density at radius 2 is 1.58 bits per heavy atom. The standard InChI is InChI=1S/C20H21N5O5S/c26-25(27)17-8-4-5-9-18(17)31(28,29)24-12-10-23(11-13-24)15-20-22-21-19(30-20)14-16-6-2-1-3-7-16/h1-9H,10-15H2. The van der Waals surface area contributed by atoms with Crippen LogP contribution in [0.5, 0.6) is 0 Å². The third kappa shape index (κ3) is 4.79. The number of para-hydroxylation sites is 1. The van der Waals surface area contributed by atoms with Crippen LogP contribution in [-0.2, 0) is 23.0 Å². The molecule has 1 aromatic heterocycles. The van der Waals surface area contributed by atoms with Crippen molar-refractivity contribution >= 4 is 15.7 Å². The fourth-order valence-electron chi connectivity index (χ4n) is 3.48. The van der Waals surface area contributed by atoms with Crippen molar-refractivity contribution in [3.63, 3.8) is 0 Å². The lowest BCUT2D eigenvalue weighted by Gasteiger charge is -2.33. The summed E-state index contributed by atoms with van der Waals surface area (Å²) in [4.78, 5) is 12.3. The second kappa shape index (κ2) is 8.92. The maximum Gasteiger partial charge on any atom is 0.289 e. The highest BCUT2D eigenvalue weighted by Gasteiger charge is 2.33. The van der Waals surface area contributed by atoms with Crippen molar-refractivity contribution in [2.45, 2.75) is 17.9 Å². The van der Waals surface area contributed by atoms with Gasteiger partial charge in [-0.3, -0.25) is 15.0 Å². The molecule has 0 N–H and O–H groups in total. The molecule has 0 spiro atoms. The van der Waals surface area contributed by atoms with E-state index in [1.54, 1.807) is 0 Å². The Morgan fingerprint density at radius 1 is 0.935 bits per heavy atom. The fraction of sp³-hybridized carbons (Fsp3) is 0.300. The van der Waals surface area contributed by atoms with Crippen molar-refractivity contribution in [2.24, 2.45) is 0 Å². The van der Waals surface area contributed by atoms with Gasteiger partial charge >= 0.3 is 0 Å². The minimum Gasteiger partial charge on any atom is -0.424 e. The van der Waals surface area contributed by atoms with Gasteiger partial charge in [-0.25, -0.2) is 8.42 Å². The number of benzene rings is 2. The summed E-state index contributed by atoms with van der Waals surface area (Å²) in [6, 6.07) is 15.2. The molecule has 0 radical (unpaired) electrons. The van der Waals surface area contributed by atoms with Crippen molar-refractivity contribution < 1.29 is 17.8 Å². The molecular formula is C20H21N5O5S. The minimum absolute atomic E-state index is 0.222. The van der Waals surface area contributed by atoms with E-state index in [0.717, 1.165) is 5.56 Å². The summed E-state index contributed by atoms with van der Waals surface area (Å²) in [5, 5.41) is 19.4. The van der Waals surface area contributed by atoms with Crippen LogP contribution in [0.1, 0.15) is 17.3 Å². The van der Waals surface area contributed by atoms with Gasteiger partial charge in [0.1, 0.15) is 0 Å². The Bertz CT molecular complexity index is 1160. The first-order valence-electron chi connectivity index (χ1n) is 9.74. The largest absolute Gasteiger partial charge is 0.424 e. The molecular weight excluding hydrogens is 422 g/mol. The molecule has 0 saturated carbocycles. The second-order valence-corrected chi connectivity index (χ2v) is 9.06. The van der Waals surface area contributed by atoms with E-state index in [9.17, 15) is 18.5 Å². The zero-order chi connectivity index (χ0) is 21.8. The van der Waals surface area contributed by atoms with Gasteiger partial charge in [-0.1, -0.05) is 42.5 Å². The number of piperazine rings is 1. The SMILES string of the molecule is O=[N+]([O-])c1ccccc1S(=O)(=O)N1CCN(Cc2nnc(Cc3ccccc3)o2)CC1. The number of nitro groups is 1. The molecule has 162 valence electrons. The molecule has 0 bridgehead atoms. The Labute approximate surface area is 179 Å². The molecule has 1 saturated heterocycles. The predicted octanol–water partition coefficient (Wildman–Crippen LogP) is 2.08. The summed E-state index contributed by atoms with van der Waals surface area (Å²) in [5.41, 5.74) is 0.660. The topological polar surface area (TPSA) is 123 Å². The lowest BCUT2D eigenvalue weighted by molar-refractivity contribution is -0.387. The summed E-state index contributed by atoms with van der Waals surface area (Å²) in [6.07, 6.45) is 0.551. The molecule has 0 aliphatic carbocycles. The number of sulfonamides is 1. The lowest BCUT2D eigenvalue weighted by atomic mass is 10.2. The van der Waals surface area contributed by atoms with Crippen LogP contribution in [0.2, 0.25) is 0 Å². The van der Waals surface area contributed by atoms with Crippen LogP contribution in [0.15, 0.2) is 63.9 Å². The number of hydrogen-bond acceptors (Lipinski definition) is 8. The van der Waals surface area contributed by atoms with E-state index in [-0.39, 0.29) is 18.0 Å². The average Bonchev–Trinajstić information content (AvgIpc) is 3.21. The molecule has 4 rings (SSSR count). The third-order valence-electron chi connectivity index (χ3n) is 5.08. The molecule has 1 fully saturated rings. The van der Waals surface area contributed by atoms with Gasteiger partial charge in [0, 0.05) is 32.2 Å². The maximum absolute atomic E-state index is 12.9. The summed E-state index contributed by atoms with van der Waals surface area (Å²) >= 11 is 0. The molecule has 2 heterocycles. The van der Waals surface area contributed by atoms with Gasteiger partial charge in [0.25, 0.3) is 5.69 Å². The number of rotatable bonds is 7. The third-order valence-corrected chi connectivity index (χ3v) is 7.02. The maximum atomic E-state index is 12.9. The first kappa shape index (κ1) is 21.1. The molecule has 0 amide bonds.